The highest BCUT2D eigenvalue weighted by molar-refractivity contribution is 6.32. The molecule has 128 valence electrons. The van der Waals surface area contributed by atoms with E-state index in [9.17, 15) is 9.59 Å². The van der Waals surface area contributed by atoms with Crippen molar-refractivity contribution < 1.29 is 19.4 Å². The summed E-state index contributed by atoms with van der Waals surface area (Å²) in [4.78, 5) is 21.2. The van der Waals surface area contributed by atoms with E-state index in [4.69, 9.17) is 9.84 Å². The summed E-state index contributed by atoms with van der Waals surface area (Å²) in [5.41, 5.74) is 0. The number of hydrogen-bond acceptors (Lipinski definition) is 3. The number of Topliss-reactive ketones (excluding diaryl/α,β-unsaturated/α-hetero) is 1. The zero-order valence-electron chi connectivity index (χ0n) is 14.0. The average Bonchev–Trinajstić information content (AvgIpc) is 3.24. The number of aliphatic carboxylic acids is 1. The van der Waals surface area contributed by atoms with Gasteiger partial charge >= 0.3 is 5.97 Å². The molecule has 1 saturated heterocycles. The maximum atomic E-state index is 10.9. The Bertz CT molecular complexity index is 327. The first kappa shape index (κ1) is 19.1. The number of carboxylic acid groups (broad SMARTS) is 1. The minimum Gasteiger partial charge on any atom is -0.476 e. The third-order valence-corrected chi connectivity index (χ3v) is 4.41. The molecule has 1 heterocycles. The van der Waals surface area contributed by atoms with Crippen LogP contribution in [0.15, 0.2) is 0 Å². The van der Waals surface area contributed by atoms with E-state index in [2.05, 4.69) is 6.92 Å². The van der Waals surface area contributed by atoms with Gasteiger partial charge in [0.2, 0.25) is 5.78 Å². The Kier molecular flexibility index (Phi) is 10.1. The summed E-state index contributed by atoms with van der Waals surface area (Å²) in [6.45, 7) is 2.24. The topological polar surface area (TPSA) is 66.9 Å². The van der Waals surface area contributed by atoms with Gasteiger partial charge in [-0.3, -0.25) is 4.79 Å². The third-order valence-electron chi connectivity index (χ3n) is 4.41. The normalized spacial score (nSPS) is 20.0. The Morgan fingerprint density at radius 3 is 1.86 bits per heavy atom. The summed E-state index contributed by atoms with van der Waals surface area (Å²) in [5, 5.41) is 8.46. The van der Waals surface area contributed by atoms with Crippen molar-refractivity contribution >= 4 is 11.8 Å². The summed E-state index contributed by atoms with van der Waals surface area (Å²) in [6.07, 6.45) is 15.3. The molecule has 1 N–H and O–H groups in total. The van der Waals surface area contributed by atoms with Crippen molar-refractivity contribution in [2.45, 2.75) is 103 Å². The van der Waals surface area contributed by atoms with Crippen LogP contribution in [0.2, 0.25) is 0 Å². The highest BCUT2D eigenvalue weighted by Gasteiger charge is 2.36. The number of epoxide rings is 1. The van der Waals surface area contributed by atoms with Gasteiger partial charge in [-0.25, -0.2) is 4.79 Å². The highest BCUT2D eigenvalue weighted by atomic mass is 16.6. The lowest BCUT2D eigenvalue weighted by atomic mass is 10.0. The number of carbonyl (C=O) groups is 2. The van der Waals surface area contributed by atoms with Crippen molar-refractivity contribution in [2.75, 3.05) is 0 Å². The molecule has 0 aromatic carbocycles. The third kappa shape index (κ3) is 9.19. The molecule has 0 saturated carbocycles. The molecular formula is C18H32O4. The van der Waals surface area contributed by atoms with Crippen molar-refractivity contribution in [2.24, 2.45) is 0 Å². The minimum atomic E-state index is -1.30. The molecule has 0 bridgehead atoms. The van der Waals surface area contributed by atoms with Gasteiger partial charge in [0.05, 0.1) is 12.2 Å². The predicted molar refractivity (Wildman–Crippen MR) is 87.0 cm³/mol. The number of rotatable bonds is 15. The van der Waals surface area contributed by atoms with Crippen LogP contribution in [-0.4, -0.2) is 29.1 Å². The van der Waals surface area contributed by atoms with Crippen LogP contribution in [0.3, 0.4) is 0 Å². The zero-order chi connectivity index (χ0) is 16.2. The second kappa shape index (κ2) is 11.6. The number of ketones is 1. The molecule has 0 amide bonds. The summed E-state index contributed by atoms with van der Waals surface area (Å²) in [7, 11) is 0. The Labute approximate surface area is 134 Å². The summed E-state index contributed by atoms with van der Waals surface area (Å²) < 4.78 is 5.69. The number of ether oxygens (including phenoxy) is 1. The number of carbonyl (C=O) groups excluding carboxylic acids is 1. The standard InChI is InChI=1S/C18H32O4/c1-2-3-4-5-6-10-13-16-17(22-16)14-11-8-7-9-12-15(19)18(20)21/h16-17H,2-14H2,1H3,(H,20,21)/t16?,17-/m0/s1. The van der Waals surface area contributed by atoms with Gasteiger partial charge in [-0.1, -0.05) is 64.7 Å². The monoisotopic (exact) mass is 312 g/mol. The maximum absolute atomic E-state index is 10.9. The van der Waals surface area contributed by atoms with Gasteiger partial charge < -0.3 is 9.84 Å². The van der Waals surface area contributed by atoms with Gasteiger partial charge in [0, 0.05) is 6.42 Å². The lowest BCUT2D eigenvalue weighted by molar-refractivity contribution is -0.149. The van der Waals surface area contributed by atoms with Crippen LogP contribution in [0, 0.1) is 0 Å². The van der Waals surface area contributed by atoms with Crippen LogP contribution < -0.4 is 0 Å². The maximum Gasteiger partial charge on any atom is 0.372 e. The van der Waals surface area contributed by atoms with Gasteiger partial charge in [0.15, 0.2) is 0 Å². The SMILES string of the molecule is CCCCCCCCC1O[C@H]1CCCCCCC(=O)C(=O)O. The van der Waals surface area contributed by atoms with Gasteiger partial charge in [0.25, 0.3) is 0 Å². The van der Waals surface area contributed by atoms with E-state index in [0.29, 0.717) is 18.6 Å². The Morgan fingerprint density at radius 2 is 1.32 bits per heavy atom. The van der Waals surface area contributed by atoms with E-state index in [-0.39, 0.29) is 6.42 Å². The second-order valence-corrected chi connectivity index (χ2v) is 6.45. The molecular weight excluding hydrogens is 280 g/mol. The number of hydrogen-bond donors (Lipinski definition) is 1. The quantitative estimate of drug-likeness (QED) is 0.275. The van der Waals surface area contributed by atoms with Gasteiger partial charge in [-0.05, 0) is 19.3 Å². The van der Waals surface area contributed by atoms with Crippen LogP contribution in [0.1, 0.15) is 90.4 Å². The van der Waals surface area contributed by atoms with Gasteiger partial charge in [-0.2, -0.15) is 0 Å². The minimum absolute atomic E-state index is 0.177. The molecule has 2 atom stereocenters. The predicted octanol–water partition coefficient (Wildman–Crippen LogP) is 4.50. The molecule has 1 fully saturated rings. The summed E-state index contributed by atoms with van der Waals surface area (Å²) >= 11 is 0. The Hall–Kier alpha value is -0.900. The largest absolute Gasteiger partial charge is 0.476 e. The summed E-state index contributed by atoms with van der Waals surface area (Å²) in [5.74, 6) is -1.96. The van der Waals surface area contributed by atoms with Crippen molar-refractivity contribution in [1.29, 1.82) is 0 Å². The van der Waals surface area contributed by atoms with Crippen molar-refractivity contribution in [3.05, 3.63) is 0 Å². The van der Waals surface area contributed by atoms with Crippen LogP contribution in [-0.2, 0) is 14.3 Å². The molecule has 4 nitrogen and oxygen atoms in total. The fraction of sp³-hybridized carbons (Fsp3) is 0.889. The first-order valence-electron chi connectivity index (χ1n) is 9.06. The molecule has 0 aliphatic carbocycles. The zero-order valence-corrected chi connectivity index (χ0v) is 14.0. The molecule has 0 spiro atoms. The molecule has 22 heavy (non-hydrogen) atoms. The fourth-order valence-corrected chi connectivity index (χ4v) is 2.90. The van der Waals surface area contributed by atoms with Crippen molar-refractivity contribution in [3.8, 4) is 0 Å². The first-order chi connectivity index (χ1) is 10.6. The van der Waals surface area contributed by atoms with Crippen LogP contribution >= 0.6 is 0 Å². The lowest BCUT2D eigenvalue weighted by Crippen LogP contribution is -2.11. The Morgan fingerprint density at radius 1 is 0.818 bits per heavy atom. The van der Waals surface area contributed by atoms with Crippen LogP contribution in [0.5, 0.6) is 0 Å². The molecule has 0 aromatic rings. The van der Waals surface area contributed by atoms with Crippen molar-refractivity contribution in [3.63, 3.8) is 0 Å². The second-order valence-electron chi connectivity index (χ2n) is 6.45. The summed E-state index contributed by atoms with van der Waals surface area (Å²) in [6, 6.07) is 0. The van der Waals surface area contributed by atoms with E-state index in [1.165, 1.54) is 44.9 Å². The number of carboxylic acids is 1. The molecule has 1 rings (SSSR count). The molecule has 1 aliphatic rings. The van der Waals surface area contributed by atoms with E-state index < -0.39 is 11.8 Å². The Balaban J connectivity index is 1.82. The van der Waals surface area contributed by atoms with Gasteiger partial charge in [-0.15, -0.1) is 0 Å². The first-order valence-corrected chi connectivity index (χ1v) is 9.06. The van der Waals surface area contributed by atoms with Crippen LogP contribution in [0.4, 0.5) is 0 Å². The lowest BCUT2D eigenvalue weighted by Gasteiger charge is -2.00. The molecule has 0 aromatic heterocycles. The molecule has 1 unspecified atom stereocenters. The van der Waals surface area contributed by atoms with Crippen molar-refractivity contribution in [1.82, 2.24) is 0 Å². The average molecular weight is 312 g/mol. The highest BCUT2D eigenvalue weighted by Crippen LogP contribution is 2.31. The smallest absolute Gasteiger partial charge is 0.372 e. The molecule has 1 aliphatic heterocycles. The van der Waals surface area contributed by atoms with E-state index in [1.54, 1.807) is 0 Å². The van der Waals surface area contributed by atoms with E-state index in [1.807, 2.05) is 0 Å². The van der Waals surface area contributed by atoms with E-state index >= 15 is 0 Å². The molecule has 0 radical (unpaired) electrons. The van der Waals surface area contributed by atoms with E-state index in [0.717, 1.165) is 25.7 Å². The van der Waals surface area contributed by atoms with Crippen LogP contribution in [0.25, 0.3) is 0 Å². The fourth-order valence-electron chi connectivity index (χ4n) is 2.90. The van der Waals surface area contributed by atoms with Gasteiger partial charge in [0.1, 0.15) is 0 Å². The number of unbranched alkanes of at least 4 members (excludes halogenated alkanes) is 8. The molecule has 4 heteroatoms.